The molecule has 0 aromatic carbocycles. The van der Waals surface area contributed by atoms with E-state index in [9.17, 15) is 9.18 Å². The van der Waals surface area contributed by atoms with Gasteiger partial charge in [0.15, 0.2) is 0 Å². The highest BCUT2D eigenvalue weighted by molar-refractivity contribution is 5.71. The third kappa shape index (κ3) is 3.53. The summed E-state index contributed by atoms with van der Waals surface area (Å²) >= 11 is 0. The predicted molar refractivity (Wildman–Crippen MR) is 30.4 cm³/mol. The largest absolute Gasteiger partial charge is 0.298 e. The Kier molecular flexibility index (Phi) is 4.13. The third-order valence-corrected chi connectivity index (χ3v) is 0.798. The minimum atomic E-state index is -0.368. The lowest BCUT2D eigenvalue weighted by Crippen LogP contribution is -1.82. The highest BCUT2D eigenvalue weighted by atomic mass is 19.1. The van der Waals surface area contributed by atoms with E-state index in [2.05, 4.69) is 6.58 Å². The maximum atomic E-state index is 11.3. The van der Waals surface area contributed by atoms with E-state index in [0.717, 1.165) is 0 Å². The maximum Gasteiger partial charge on any atom is 0.145 e. The summed E-state index contributed by atoms with van der Waals surface area (Å²) in [6.07, 6.45) is 1.56. The van der Waals surface area contributed by atoms with E-state index in [0.29, 0.717) is 24.7 Å². The lowest BCUT2D eigenvalue weighted by atomic mass is 10.2. The molecule has 0 atom stereocenters. The van der Waals surface area contributed by atoms with Gasteiger partial charge in [-0.15, -0.1) is 0 Å². The Balaban J connectivity index is 3.11. The zero-order chi connectivity index (χ0) is 6.41. The molecule has 8 heavy (non-hydrogen) atoms. The number of allylic oxidation sites excluding steroid dienone is 1. The molecule has 0 spiro atoms. The van der Waals surface area contributed by atoms with Crippen molar-refractivity contribution in [1.29, 1.82) is 0 Å². The normalized spacial score (nSPS) is 8.62. The second-order valence-corrected chi connectivity index (χ2v) is 1.57. The van der Waals surface area contributed by atoms with E-state index >= 15 is 0 Å². The van der Waals surface area contributed by atoms with Crippen molar-refractivity contribution >= 4 is 6.29 Å². The van der Waals surface area contributed by atoms with Crippen molar-refractivity contribution in [2.75, 3.05) is 6.67 Å². The van der Waals surface area contributed by atoms with Crippen LogP contribution >= 0.6 is 0 Å². The molecule has 0 rings (SSSR count). The molecule has 0 heterocycles. The summed E-state index contributed by atoms with van der Waals surface area (Å²) in [5.74, 6) is 0. The zero-order valence-corrected chi connectivity index (χ0v) is 4.69. The highest BCUT2D eigenvalue weighted by Gasteiger charge is 1.88. The minimum Gasteiger partial charge on any atom is -0.298 e. The van der Waals surface area contributed by atoms with E-state index in [1.807, 2.05) is 0 Å². The van der Waals surface area contributed by atoms with Crippen molar-refractivity contribution in [3.8, 4) is 0 Å². The number of hydrogen-bond donors (Lipinski definition) is 0. The fraction of sp³-hybridized carbons (Fsp3) is 0.500. The molecule has 0 aliphatic rings. The van der Waals surface area contributed by atoms with E-state index in [1.165, 1.54) is 0 Å². The van der Waals surface area contributed by atoms with Crippen molar-refractivity contribution in [3.63, 3.8) is 0 Å². The SMILES string of the molecule is C=C(C=O)CCCF. The Morgan fingerprint density at radius 1 is 1.75 bits per heavy atom. The van der Waals surface area contributed by atoms with Gasteiger partial charge < -0.3 is 0 Å². The predicted octanol–water partition coefficient (Wildman–Crippen LogP) is 1.49. The summed E-state index contributed by atoms with van der Waals surface area (Å²) in [4.78, 5) is 9.79. The topological polar surface area (TPSA) is 17.1 Å². The Labute approximate surface area is 48.2 Å². The smallest absolute Gasteiger partial charge is 0.145 e. The fourth-order valence-electron chi connectivity index (χ4n) is 0.353. The maximum absolute atomic E-state index is 11.3. The zero-order valence-electron chi connectivity index (χ0n) is 4.69. The molecule has 46 valence electrons. The van der Waals surface area contributed by atoms with Crippen LogP contribution in [0.4, 0.5) is 4.39 Å². The molecular formula is C6H9FO. The summed E-state index contributed by atoms with van der Waals surface area (Å²) in [7, 11) is 0. The lowest BCUT2D eigenvalue weighted by molar-refractivity contribution is -0.105. The van der Waals surface area contributed by atoms with Gasteiger partial charge >= 0.3 is 0 Å². The molecule has 0 fully saturated rings. The van der Waals surface area contributed by atoms with Gasteiger partial charge in [-0.05, 0) is 18.4 Å². The second-order valence-electron chi connectivity index (χ2n) is 1.57. The Hall–Kier alpha value is -0.660. The standard InChI is InChI=1S/C6H9FO/c1-6(5-8)3-2-4-7/h5H,1-4H2. The van der Waals surface area contributed by atoms with Crippen LogP contribution in [0.1, 0.15) is 12.8 Å². The Morgan fingerprint density at radius 3 is 2.75 bits per heavy atom. The quantitative estimate of drug-likeness (QED) is 0.401. The molecule has 0 amide bonds. The average molecular weight is 116 g/mol. The molecule has 0 bridgehead atoms. The number of carbonyl (C=O) groups excluding carboxylic acids is 1. The summed E-state index contributed by atoms with van der Waals surface area (Å²) in [5.41, 5.74) is 0.475. The van der Waals surface area contributed by atoms with Crippen molar-refractivity contribution in [1.82, 2.24) is 0 Å². The van der Waals surface area contributed by atoms with Crippen molar-refractivity contribution in [2.24, 2.45) is 0 Å². The minimum absolute atomic E-state index is 0.368. The van der Waals surface area contributed by atoms with Crippen LogP contribution in [-0.2, 0) is 4.79 Å². The summed E-state index contributed by atoms with van der Waals surface area (Å²) in [6.45, 7) is 3.01. The van der Waals surface area contributed by atoms with Crippen LogP contribution in [0.25, 0.3) is 0 Å². The van der Waals surface area contributed by atoms with Gasteiger partial charge in [0, 0.05) is 0 Å². The Morgan fingerprint density at radius 2 is 2.38 bits per heavy atom. The van der Waals surface area contributed by atoms with Crippen LogP contribution in [0.5, 0.6) is 0 Å². The van der Waals surface area contributed by atoms with E-state index < -0.39 is 0 Å². The highest BCUT2D eigenvalue weighted by Crippen LogP contribution is 1.97. The second kappa shape index (κ2) is 4.50. The van der Waals surface area contributed by atoms with E-state index in [1.54, 1.807) is 0 Å². The van der Waals surface area contributed by atoms with Gasteiger partial charge in [0.25, 0.3) is 0 Å². The van der Waals surface area contributed by atoms with Crippen molar-refractivity contribution in [3.05, 3.63) is 12.2 Å². The summed E-state index contributed by atoms with van der Waals surface area (Å²) in [6, 6.07) is 0. The van der Waals surface area contributed by atoms with Gasteiger partial charge in [0.05, 0.1) is 6.67 Å². The number of hydrogen-bond acceptors (Lipinski definition) is 1. The number of halogens is 1. The average Bonchev–Trinajstić information content (AvgIpc) is 1.83. The number of carbonyl (C=O) groups is 1. The van der Waals surface area contributed by atoms with Crippen LogP contribution in [0.15, 0.2) is 12.2 Å². The van der Waals surface area contributed by atoms with E-state index in [4.69, 9.17) is 0 Å². The molecule has 0 saturated carbocycles. The van der Waals surface area contributed by atoms with Crippen LogP contribution in [0.2, 0.25) is 0 Å². The van der Waals surface area contributed by atoms with E-state index in [-0.39, 0.29) is 6.67 Å². The first-order valence-electron chi connectivity index (χ1n) is 2.50. The Bertz CT molecular complexity index is 88.5. The fourth-order valence-corrected chi connectivity index (χ4v) is 0.353. The molecule has 0 N–H and O–H groups in total. The van der Waals surface area contributed by atoms with Crippen LogP contribution in [0, 0.1) is 0 Å². The molecule has 2 heteroatoms. The molecule has 0 unspecified atom stereocenters. The first kappa shape index (κ1) is 7.34. The van der Waals surface area contributed by atoms with Crippen LogP contribution in [0.3, 0.4) is 0 Å². The van der Waals surface area contributed by atoms with Gasteiger partial charge in [-0.25, -0.2) is 0 Å². The first-order valence-corrected chi connectivity index (χ1v) is 2.50. The van der Waals surface area contributed by atoms with Crippen molar-refractivity contribution in [2.45, 2.75) is 12.8 Å². The molecule has 1 nitrogen and oxygen atoms in total. The summed E-state index contributed by atoms with van der Waals surface area (Å²) < 4.78 is 11.3. The molecule has 0 aliphatic carbocycles. The monoisotopic (exact) mass is 116 g/mol. The van der Waals surface area contributed by atoms with Gasteiger partial charge in [0.1, 0.15) is 6.29 Å². The molecule has 0 aliphatic heterocycles. The lowest BCUT2D eigenvalue weighted by Gasteiger charge is -1.89. The first-order chi connectivity index (χ1) is 3.81. The van der Waals surface area contributed by atoms with Crippen LogP contribution < -0.4 is 0 Å². The van der Waals surface area contributed by atoms with Gasteiger partial charge in [-0.2, -0.15) is 0 Å². The number of rotatable bonds is 4. The molecule has 0 aromatic heterocycles. The number of alkyl halides is 1. The molecule has 0 aromatic rings. The third-order valence-electron chi connectivity index (χ3n) is 0.798. The van der Waals surface area contributed by atoms with Crippen molar-refractivity contribution < 1.29 is 9.18 Å². The summed E-state index contributed by atoms with van der Waals surface area (Å²) in [5, 5.41) is 0. The molecule has 0 saturated heterocycles. The van der Waals surface area contributed by atoms with Crippen LogP contribution in [-0.4, -0.2) is 13.0 Å². The molecular weight excluding hydrogens is 107 g/mol. The molecule has 0 radical (unpaired) electrons. The van der Waals surface area contributed by atoms with Gasteiger partial charge in [-0.1, -0.05) is 6.58 Å². The van der Waals surface area contributed by atoms with Gasteiger partial charge in [0.2, 0.25) is 0 Å². The number of aldehydes is 1. The van der Waals surface area contributed by atoms with Gasteiger partial charge in [-0.3, -0.25) is 9.18 Å².